The first-order valence-electron chi connectivity index (χ1n) is 17.9. The van der Waals surface area contributed by atoms with Gasteiger partial charge in [0, 0.05) is 16.7 Å². The van der Waals surface area contributed by atoms with E-state index in [1.807, 2.05) is 18.2 Å². The van der Waals surface area contributed by atoms with Crippen molar-refractivity contribution < 1.29 is 4.42 Å². The molecule has 0 fully saturated rings. The molecular formula is C50H32N2O. The van der Waals surface area contributed by atoms with E-state index in [0.29, 0.717) is 5.89 Å². The van der Waals surface area contributed by atoms with Crippen molar-refractivity contribution in [2.75, 3.05) is 0 Å². The summed E-state index contributed by atoms with van der Waals surface area (Å²) in [6.45, 7) is 0. The molecule has 0 aliphatic carbocycles. The molecule has 3 nitrogen and oxygen atoms in total. The van der Waals surface area contributed by atoms with Crippen molar-refractivity contribution >= 4 is 32.6 Å². The Morgan fingerprint density at radius 1 is 0.340 bits per heavy atom. The minimum Gasteiger partial charge on any atom is -0.436 e. The number of pyridine rings is 1. The molecule has 8 aromatic carbocycles. The number of hydrogen-bond acceptors (Lipinski definition) is 3. The van der Waals surface area contributed by atoms with Crippen molar-refractivity contribution in [2.24, 2.45) is 0 Å². The third-order valence-corrected chi connectivity index (χ3v) is 10.1. The van der Waals surface area contributed by atoms with Gasteiger partial charge < -0.3 is 4.42 Å². The number of rotatable bonds is 6. The van der Waals surface area contributed by atoms with E-state index in [1.165, 1.54) is 21.7 Å². The van der Waals surface area contributed by atoms with Crippen LogP contribution in [0.15, 0.2) is 199 Å². The zero-order valence-corrected chi connectivity index (χ0v) is 28.8. The van der Waals surface area contributed by atoms with Gasteiger partial charge in [-0.1, -0.05) is 152 Å². The van der Waals surface area contributed by atoms with Crippen LogP contribution in [0.3, 0.4) is 0 Å². The van der Waals surface area contributed by atoms with E-state index in [4.69, 9.17) is 14.4 Å². The lowest BCUT2D eigenvalue weighted by molar-refractivity contribution is 0.620. The number of hydrogen-bond donors (Lipinski definition) is 0. The molecule has 0 amide bonds. The van der Waals surface area contributed by atoms with Crippen LogP contribution in [0, 0.1) is 0 Å². The molecule has 0 atom stereocenters. The van der Waals surface area contributed by atoms with Crippen LogP contribution in [-0.4, -0.2) is 9.97 Å². The van der Waals surface area contributed by atoms with E-state index in [-0.39, 0.29) is 0 Å². The second kappa shape index (κ2) is 12.9. The summed E-state index contributed by atoms with van der Waals surface area (Å²) in [7, 11) is 0. The summed E-state index contributed by atoms with van der Waals surface area (Å²) >= 11 is 0. The fraction of sp³-hybridized carbons (Fsp3) is 0. The lowest BCUT2D eigenvalue weighted by Crippen LogP contribution is -1.92. The van der Waals surface area contributed by atoms with Crippen molar-refractivity contribution in [3.63, 3.8) is 0 Å². The molecule has 0 aliphatic rings. The zero-order valence-electron chi connectivity index (χ0n) is 28.8. The molecular weight excluding hydrogens is 645 g/mol. The average molecular weight is 677 g/mol. The Morgan fingerprint density at radius 3 is 1.74 bits per heavy atom. The predicted molar refractivity (Wildman–Crippen MR) is 219 cm³/mol. The number of benzene rings is 8. The van der Waals surface area contributed by atoms with Gasteiger partial charge in [0.15, 0.2) is 5.58 Å². The maximum atomic E-state index is 6.31. The monoisotopic (exact) mass is 676 g/mol. The molecule has 2 heterocycles. The third-order valence-electron chi connectivity index (χ3n) is 10.1. The van der Waals surface area contributed by atoms with Gasteiger partial charge in [-0.05, 0) is 97.4 Å². The van der Waals surface area contributed by atoms with Gasteiger partial charge in [0.05, 0.1) is 11.4 Å². The summed E-state index contributed by atoms with van der Waals surface area (Å²) < 4.78 is 6.31. The third kappa shape index (κ3) is 5.75. The average Bonchev–Trinajstić information content (AvgIpc) is 3.67. The maximum Gasteiger partial charge on any atom is 0.227 e. The molecule has 248 valence electrons. The van der Waals surface area contributed by atoms with E-state index >= 15 is 0 Å². The first-order chi connectivity index (χ1) is 26.2. The van der Waals surface area contributed by atoms with Gasteiger partial charge in [0.2, 0.25) is 5.89 Å². The summed E-state index contributed by atoms with van der Waals surface area (Å²) in [5.41, 5.74) is 13.4. The topological polar surface area (TPSA) is 38.9 Å². The summed E-state index contributed by atoms with van der Waals surface area (Å²) in [5.74, 6) is 0.622. The fourth-order valence-electron chi connectivity index (χ4n) is 7.43. The van der Waals surface area contributed by atoms with Crippen molar-refractivity contribution in [1.29, 1.82) is 0 Å². The first-order valence-corrected chi connectivity index (χ1v) is 17.9. The van der Waals surface area contributed by atoms with E-state index in [1.54, 1.807) is 0 Å². The Bertz CT molecular complexity index is 2890. The SMILES string of the molecule is c1ccc(-c2cc(-c3cccc(-c4c(-c5ccc6oc(-c7ccc8ccccc8c7)nc6c5)ccc5ccccc45)c3)cc(-c3ccccc3)n2)cc1. The van der Waals surface area contributed by atoms with Crippen LogP contribution in [-0.2, 0) is 0 Å². The van der Waals surface area contributed by atoms with Gasteiger partial charge in [-0.15, -0.1) is 0 Å². The van der Waals surface area contributed by atoms with Crippen LogP contribution >= 0.6 is 0 Å². The maximum absolute atomic E-state index is 6.31. The highest BCUT2D eigenvalue weighted by Crippen LogP contribution is 2.41. The second-order valence-corrected chi connectivity index (χ2v) is 13.4. The highest BCUT2D eigenvalue weighted by atomic mass is 16.3. The molecule has 0 N–H and O–H groups in total. The minimum absolute atomic E-state index is 0.622. The molecule has 0 saturated heterocycles. The molecule has 0 bridgehead atoms. The molecule has 0 radical (unpaired) electrons. The summed E-state index contributed by atoms with van der Waals surface area (Å²) in [6, 6.07) is 68.3. The molecule has 3 heteroatoms. The van der Waals surface area contributed by atoms with Crippen molar-refractivity contribution in [1.82, 2.24) is 9.97 Å². The summed E-state index contributed by atoms with van der Waals surface area (Å²) in [6.07, 6.45) is 0. The molecule has 0 spiro atoms. The molecule has 0 unspecified atom stereocenters. The van der Waals surface area contributed by atoms with Crippen molar-refractivity contribution in [3.8, 4) is 67.3 Å². The molecule has 10 aromatic rings. The van der Waals surface area contributed by atoms with Gasteiger partial charge in [-0.3, -0.25) is 0 Å². The Hall–Kier alpha value is -7.10. The standard InChI is InChI=1S/C50H32N2O/c1-3-14-35(15-4-1)45-31-42(32-46(51-45)36-16-5-2-6-17-36)38-19-11-20-40(28-38)49-43-21-10-9-13-34(43)24-26-44(49)39-25-27-48-47(30-39)52-50(53-48)41-23-22-33-12-7-8-18-37(33)29-41/h1-32H. The lowest BCUT2D eigenvalue weighted by Gasteiger charge is -2.16. The Morgan fingerprint density at radius 2 is 0.962 bits per heavy atom. The number of nitrogens with zero attached hydrogens (tertiary/aromatic N) is 2. The van der Waals surface area contributed by atoms with Crippen LogP contribution in [0.25, 0.3) is 100.0 Å². The summed E-state index contributed by atoms with van der Waals surface area (Å²) in [4.78, 5) is 10.1. The normalized spacial score (nSPS) is 11.4. The molecule has 10 rings (SSSR count). The van der Waals surface area contributed by atoms with Gasteiger partial charge in [0.1, 0.15) is 5.52 Å². The Labute approximate surface area is 307 Å². The van der Waals surface area contributed by atoms with Gasteiger partial charge in [0.25, 0.3) is 0 Å². The molecule has 2 aromatic heterocycles. The van der Waals surface area contributed by atoms with Crippen molar-refractivity contribution in [3.05, 3.63) is 194 Å². The van der Waals surface area contributed by atoms with Crippen LogP contribution in [0.1, 0.15) is 0 Å². The van der Waals surface area contributed by atoms with Gasteiger partial charge >= 0.3 is 0 Å². The lowest BCUT2D eigenvalue weighted by atomic mass is 9.88. The number of aromatic nitrogens is 2. The fourth-order valence-corrected chi connectivity index (χ4v) is 7.43. The van der Waals surface area contributed by atoms with Crippen LogP contribution < -0.4 is 0 Å². The van der Waals surface area contributed by atoms with E-state index in [9.17, 15) is 0 Å². The van der Waals surface area contributed by atoms with Crippen LogP contribution in [0.2, 0.25) is 0 Å². The molecule has 0 saturated carbocycles. The Kier molecular flexibility index (Phi) is 7.47. The predicted octanol–water partition coefficient (Wildman–Crippen LogP) is 13.5. The van der Waals surface area contributed by atoms with Gasteiger partial charge in [-0.25, -0.2) is 9.97 Å². The first kappa shape index (κ1) is 30.7. The van der Waals surface area contributed by atoms with Crippen molar-refractivity contribution in [2.45, 2.75) is 0 Å². The van der Waals surface area contributed by atoms with E-state index in [0.717, 1.165) is 72.4 Å². The summed E-state index contributed by atoms with van der Waals surface area (Å²) in [5, 5.41) is 4.75. The highest BCUT2D eigenvalue weighted by molar-refractivity contribution is 6.05. The highest BCUT2D eigenvalue weighted by Gasteiger charge is 2.17. The molecule has 0 aliphatic heterocycles. The van der Waals surface area contributed by atoms with E-state index in [2.05, 4.69) is 176 Å². The van der Waals surface area contributed by atoms with Gasteiger partial charge in [-0.2, -0.15) is 0 Å². The van der Waals surface area contributed by atoms with Crippen LogP contribution in [0.4, 0.5) is 0 Å². The largest absolute Gasteiger partial charge is 0.436 e. The minimum atomic E-state index is 0.622. The quantitative estimate of drug-likeness (QED) is 0.176. The smallest absolute Gasteiger partial charge is 0.227 e. The number of oxazole rings is 1. The van der Waals surface area contributed by atoms with Crippen LogP contribution in [0.5, 0.6) is 0 Å². The number of fused-ring (bicyclic) bond motifs is 3. The Balaban J connectivity index is 1.11. The molecule has 53 heavy (non-hydrogen) atoms. The second-order valence-electron chi connectivity index (χ2n) is 13.4. The zero-order chi connectivity index (χ0) is 35.1. The van der Waals surface area contributed by atoms with E-state index < -0.39 is 0 Å².